The van der Waals surface area contributed by atoms with Crippen LogP contribution in [0.2, 0.25) is 0 Å². The van der Waals surface area contributed by atoms with Crippen LogP contribution in [0.4, 0.5) is 0 Å². The molecule has 9 nitrogen and oxygen atoms in total. The molecule has 1 aliphatic rings. The maximum Gasteiger partial charge on any atom is 0.220 e. The Morgan fingerprint density at radius 1 is 0.653 bits per heavy atom. The largest absolute Gasteiger partial charge is 0.394 e. The highest BCUT2D eigenvalue weighted by Crippen LogP contribution is 2.23. The van der Waals surface area contributed by atoms with Gasteiger partial charge in [0.05, 0.1) is 19.3 Å². The maximum absolute atomic E-state index is 13.0. The van der Waals surface area contributed by atoms with Gasteiger partial charge in [0.25, 0.3) is 0 Å². The van der Waals surface area contributed by atoms with Gasteiger partial charge in [0.1, 0.15) is 24.4 Å². The van der Waals surface area contributed by atoms with Crippen molar-refractivity contribution in [2.24, 2.45) is 0 Å². The lowest BCUT2D eigenvalue weighted by molar-refractivity contribution is -0.271. The molecule has 5 N–H and O–H groups in total. The van der Waals surface area contributed by atoms with Crippen LogP contribution in [-0.4, -0.2) is 77.0 Å². The van der Waals surface area contributed by atoms with E-state index >= 15 is 0 Å². The number of carbonyl (C=O) groups is 2. The van der Waals surface area contributed by atoms with Crippen molar-refractivity contribution in [3.8, 4) is 0 Å². The molecule has 1 saturated heterocycles. The number of ether oxygens (including phenoxy) is 2. The molecule has 290 valence electrons. The second-order valence-corrected chi connectivity index (χ2v) is 14.7. The van der Waals surface area contributed by atoms with Crippen molar-refractivity contribution in [1.29, 1.82) is 0 Å². The van der Waals surface area contributed by atoms with E-state index in [2.05, 4.69) is 24.5 Å². The zero-order chi connectivity index (χ0) is 36.0. The second kappa shape index (κ2) is 31.5. The number of carbonyl (C=O) groups excluding carboxylic acids is 2. The molecule has 0 unspecified atom stereocenters. The molecule has 49 heavy (non-hydrogen) atoms. The molecule has 6 atom stereocenters. The van der Waals surface area contributed by atoms with Crippen LogP contribution in [0.15, 0.2) is 0 Å². The van der Waals surface area contributed by atoms with Gasteiger partial charge in [0, 0.05) is 13.3 Å². The Bertz CT molecular complexity index is 786. The third kappa shape index (κ3) is 23.8. The molecule has 0 bridgehead atoms. The van der Waals surface area contributed by atoms with E-state index < -0.39 is 43.2 Å². The molecule has 0 spiro atoms. The number of unbranched alkanes of at least 4 members (excludes halogenated alkanes) is 23. The fraction of sp³-hybridized carbons (Fsp3) is 0.950. The summed E-state index contributed by atoms with van der Waals surface area (Å²) in [4.78, 5) is 24.8. The molecule has 1 fully saturated rings. The van der Waals surface area contributed by atoms with Gasteiger partial charge >= 0.3 is 0 Å². The molecular weight excluding hydrogens is 620 g/mol. The van der Waals surface area contributed by atoms with Gasteiger partial charge in [-0.1, -0.05) is 168 Å². The van der Waals surface area contributed by atoms with Crippen molar-refractivity contribution in [3.05, 3.63) is 0 Å². The Balaban J connectivity index is 2.47. The Kier molecular flexibility index (Phi) is 29.4. The normalized spacial score (nSPS) is 21.5. The van der Waals surface area contributed by atoms with Crippen molar-refractivity contribution >= 4 is 11.8 Å². The SMILES string of the molecule is CCCCCCCCCCCCCCCC(=O)N[C@@H](CCCCCCCCCCCCCC)CO[C@@H]1O[C@H](CO)[C@@H](O)[C@H](O)[C@H]1NC(C)=O. The predicted octanol–water partition coefficient (Wildman–Crippen LogP) is 8.00. The zero-order valence-corrected chi connectivity index (χ0v) is 31.9. The van der Waals surface area contributed by atoms with Crippen LogP contribution in [0.25, 0.3) is 0 Å². The molecular formula is C40H78N2O7. The van der Waals surface area contributed by atoms with E-state index in [1.807, 2.05) is 0 Å². The fourth-order valence-electron chi connectivity index (χ4n) is 6.86. The molecule has 0 aromatic heterocycles. The van der Waals surface area contributed by atoms with Crippen LogP contribution >= 0.6 is 0 Å². The van der Waals surface area contributed by atoms with E-state index in [-0.39, 0.29) is 18.6 Å². The van der Waals surface area contributed by atoms with Crippen molar-refractivity contribution in [2.75, 3.05) is 13.2 Å². The lowest BCUT2D eigenvalue weighted by Crippen LogP contribution is -2.64. The highest BCUT2D eigenvalue weighted by Gasteiger charge is 2.45. The molecule has 2 amide bonds. The molecule has 0 aliphatic carbocycles. The van der Waals surface area contributed by atoms with Crippen LogP contribution < -0.4 is 10.6 Å². The molecule has 1 aliphatic heterocycles. The topological polar surface area (TPSA) is 137 Å². The second-order valence-electron chi connectivity index (χ2n) is 14.7. The van der Waals surface area contributed by atoms with E-state index in [9.17, 15) is 24.9 Å². The van der Waals surface area contributed by atoms with Gasteiger partial charge in [0.15, 0.2) is 6.29 Å². The van der Waals surface area contributed by atoms with E-state index in [4.69, 9.17) is 9.47 Å². The standard InChI is InChI=1S/C40H78N2O7/c1-4-6-8-10-12-14-16-18-20-22-24-26-28-30-36(45)42-34(29-27-25-23-21-19-17-15-13-11-9-7-5-2)32-48-40-37(41-33(3)44)39(47)38(46)35(31-43)49-40/h34-35,37-40,43,46-47H,4-32H2,1-3H3,(H,41,44)(H,42,45)/t34-,35+,37+,38+,39+,40+/m0/s1. The van der Waals surface area contributed by atoms with E-state index in [1.165, 1.54) is 142 Å². The van der Waals surface area contributed by atoms with Crippen molar-refractivity contribution < 1.29 is 34.4 Å². The minimum absolute atomic E-state index is 0.0160. The number of hydrogen-bond donors (Lipinski definition) is 5. The van der Waals surface area contributed by atoms with E-state index in [0.29, 0.717) is 6.42 Å². The van der Waals surface area contributed by atoms with Gasteiger partial charge in [0.2, 0.25) is 11.8 Å². The summed E-state index contributed by atoms with van der Waals surface area (Å²) in [5, 5.41) is 36.4. The van der Waals surface area contributed by atoms with E-state index in [0.717, 1.165) is 32.1 Å². The quantitative estimate of drug-likeness (QED) is 0.0438. The summed E-state index contributed by atoms with van der Waals surface area (Å²) in [6.07, 6.45) is 27.9. The molecule has 0 radical (unpaired) electrons. The molecule has 1 rings (SSSR count). The van der Waals surface area contributed by atoms with Crippen LogP contribution in [0.5, 0.6) is 0 Å². The molecule has 0 saturated carbocycles. The summed E-state index contributed by atoms with van der Waals surface area (Å²) < 4.78 is 11.8. The Morgan fingerprint density at radius 3 is 1.51 bits per heavy atom. The summed E-state index contributed by atoms with van der Waals surface area (Å²) in [6.45, 7) is 5.48. The van der Waals surface area contributed by atoms with E-state index in [1.54, 1.807) is 0 Å². The van der Waals surface area contributed by atoms with Gasteiger partial charge in [-0.05, 0) is 12.8 Å². The first-order valence-corrected chi connectivity index (χ1v) is 20.6. The number of hydrogen-bond acceptors (Lipinski definition) is 7. The summed E-state index contributed by atoms with van der Waals surface area (Å²) in [7, 11) is 0. The predicted molar refractivity (Wildman–Crippen MR) is 199 cm³/mol. The first-order valence-electron chi connectivity index (χ1n) is 20.6. The van der Waals surface area contributed by atoms with Crippen molar-refractivity contribution in [3.63, 3.8) is 0 Å². The number of aliphatic hydroxyl groups excluding tert-OH is 3. The average molecular weight is 699 g/mol. The van der Waals surface area contributed by atoms with Crippen LogP contribution in [0, 0.1) is 0 Å². The zero-order valence-electron chi connectivity index (χ0n) is 31.9. The van der Waals surface area contributed by atoms with Gasteiger partial charge < -0.3 is 35.4 Å². The van der Waals surface area contributed by atoms with Gasteiger partial charge in [-0.3, -0.25) is 9.59 Å². The van der Waals surface area contributed by atoms with Crippen LogP contribution in [0.3, 0.4) is 0 Å². The first-order chi connectivity index (χ1) is 23.8. The highest BCUT2D eigenvalue weighted by atomic mass is 16.7. The lowest BCUT2D eigenvalue weighted by atomic mass is 9.97. The third-order valence-electron chi connectivity index (χ3n) is 9.99. The lowest BCUT2D eigenvalue weighted by Gasteiger charge is -2.42. The molecule has 0 aromatic rings. The van der Waals surface area contributed by atoms with Gasteiger partial charge in [-0.15, -0.1) is 0 Å². The number of rotatable bonds is 33. The first kappa shape index (κ1) is 45.8. The Labute approximate surface area is 300 Å². The smallest absolute Gasteiger partial charge is 0.220 e. The number of aliphatic hydroxyl groups is 3. The maximum atomic E-state index is 13.0. The third-order valence-corrected chi connectivity index (χ3v) is 9.99. The Morgan fingerprint density at radius 2 is 1.08 bits per heavy atom. The molecule has 1 heterocycles. The molecule has 9 heteroatoms. The number of amides is 2. The van der Waals surface area contributed by atoms with Gasteiger partial charge in [-0.25, -0.2) is 0 Å². The Hall–Kier alpha value is -1.26. The summed E-state index contributed by atoms with van der Waals surface area (Å²) in [5.74, 6) is -0.377. The summed E-state index contributed by atoms with van der Waals surface area (Å²) in [6, 6.07) is -1.24. The minimum Gasteiger partial charge on any atom is -0.394 e. The summed E-state index contributed by atoms with van der Waals surface area (Å²) in [5.41, 5.74) is 0. The number of nitrogens with one attached hydrogen (secondary N) is 2. The summed E-state index contributed by atoms with van der Waals surface area (Å²) >= 11 is 0. The molecule has 0 aromatic carbocycles. The monoisotopic (exact) mass is 699 g/mol. The fourth-order valence-corrected chi connectivity index (χ4v) is 6.86. The average Bonchev–Trinajstić information content (AvgIpc) is 3.08. The van der Waals surface area contributed by atoms with Crippen molar-refractivity contribution in [2.45, 2.75) is 231 Å². The van der Waals surface area contributed by atoms with Gasteiger partial charge in [-0.2, -0.15) is 0 Å². The highest BCUT2D eigenvalue weighted by molar-refractivity contribution is 5.76. The van der Waals surface area contributed by atoms with Crippen molar-refractivity contribution in [1.82, 2.24) is 10.6 Å². The van der Waals surface area contributed by atoms with Crippen LogP contribution in [0.1, 0.15) is 194 Å². The van der Waals surface area contributed by atoms with Crippen LogP contribution in [-0.2, 0) is 19.1 Å². The minimum atomic E-state index is -1.36.